The lowest BCUT2D eigenvalue weighted by molar-refractivity contribution is 0.527. The third kappa shape index (κ3) is 3.62. The average molecular weight is 264 g/mol. The molecule has 0 spiro atoms. The van der Waals surface area contributed by atoms with Gasteiger partial charge in [0.05, 0.1) is 5.51 Å². The van der Waals surface area contributed by atoms with E-state index in [1.54, 1.807) is 23.5 Å². The molecule has 0 aliphatic heterocycles. The highest BCUT2D eigenvalue weighted by atomic mass is 32.1. The van der Waals surface area contributed by atoms with Crippen LogP contribution in [0.5, 0.6) is 0 Å². The molecule has 1 atom stereocenters. The lowest BCUT2D eigenvalue weighted by atomic mass is 10.0. The number of halogens is 1. The molecule has 1 unspecified atom stereocenters. The summed E-state index contributed by atoms with van der Waals surface area (Å²) in [7, 11) is 0. The molecule has 1 aromatic heterocycles. The molecule has 2 nitrogen and oxygen atoms in total. The zero-order chi connectivity index (χ0) is 12.8. The van der Waals surface area contributed by atoms with E-state index in [1.807, 2.05) is 17.8 Å². The number of hydrogen-bond donors (Lipinski definition) is 1. The molecule has 4 heteroatoms. The summed E-state index contributed by atoms with van der Waals surface area (Å²) >= 11 is 1.64. The zero-order valence-electron chi connectivity index (χ0n) is 10.4. The van der Waals surface area contributed by atoms with Gasteiger partial charge >= 0.3 is 0 Å². The highest BCUT2D eigenvalue weighted by Crippen LogP contribution is 2.21. The van der Waals surface area contributed by atoms with E-state index >= 15 is 0 Å². The van der Waals surface area contributed by atoms with Gasteiger partial charge in [-0.25, -0.2) is 4.39 Å². The molecule has 0 saturated heterocycles. The van der Waals surface area contributed by atoms with Gasteiger partial charge in [-0.05, 0) is 30.7 Å². The van der Waals surface area contributed by atoms with Crippen LogP contribution in [0.2, 0.25) is 0 Å². The Hall–Kier alpha value is -1.26. The molecule has 0 bridgehead atoms. The second-order valence-corrected chi connectivity index (χ2v) is 5.20. The fourth-order valence-electron chi connectivity index (χ4n) is 1.89. The quantitative estimate of drug-likeness (QED) is 0.863. The molecule has 1 aromatic carbocycles. The Balaban J connectivity index is 2.13. The van der Waals surface area contributed by atoms with E-state index in [-0.39, 0.29) is 11.9 Å². The van der Waals surface area contributed by atoms with Crippen molar-refractivity contribution in [2.45, 2.75) is 25.8 Å². The molecule has 0 amide bonds. The summed E-state index contributed by atoms with van der Waals surface area (Å²) in [6.07, 6.45) is 3.80. The van der Waals surface area contributed by atoms with Crippen molar-refractivity contribution in [3.63, 3.8) is 0 Å². The van der Waals surface area contributed by atoms with Crippen LogP contribution < -0.4 is 5.32 Å². The first-order chi connectivity index (χ1) is 8.79. The van der Waals surface area contributed by atoms with Crippen molar-refractivity contribution in [1.82, 2.24) is 10.3 Å². The Bertz CT molecular complexity index is 470. The van der Waals surface area contributed by atoms with E-state index in [0.29, 0.717) is 0 Å². The van der Waals surface area contributed by atoms with Gasteiger partial charge in [-0.2, -0.15) is 0 Å². The highest BCUT2D eigenvalue weighted by Gasteiger charge is 2.12. The summed E-state index contributed by atoms with van der Waals surface area (Å²) in [6.45, 7) is 3.06. The van der Waals surface area contributed by atoms with Crippen LogP contribution >= 0.6 is 11.3 Å². The van der Waals surface area contributed by atoms with E-state index in [0.717, 1.165) is 24.9 Å². The van der Waals surface area contributed by atoms with E-state index in [2.05, 4.69) is 17.2 Å². The molecule has 0 radical (unpaired) electrons. The Morgan fingerprint density at radius 2 is 2.33 bits per heavy atom. The first-order valence-electron chi connectivity index (χ1n) is 6.16. The maximum Gasteiger partial charge on any atom is 0.123 e. The summed E-state index contributed by atoms with van der Waals surface area (Å²) in [4.78, 5) is 5.30. The van der Waals surface area contributed by atoms with Gasteiger partial charge in [0, 0.05) is 23.5 Å². The molecule has 1 N–H and O–H groups in total. The summed E-state index contributed by atoms with van der Waals surface area (Å²) in [6, 6.07) is 6.97. The van der Waals surface area contributed by atoms with Crippen molar-refractivity contribution in [3.8, 4) is 0 Å². The van der Waals surface area contributed by atoms with Gasteiger partial charge in [-0.3, -0.25) is 4.98 Å². The first-order valence-corrected chi connectivity index (χ1v) is 7.03. The monoisotopic (exact) mass is 264 g/mol. The van der Waals surface area contributed by atoms with Gasteiger partial charge in [0.2, 0.25) is 0 Å². The molecular weight excluding hydrogens is 247 g/mol. The van der Waals surface area contributed by atoms with Gasteiger partial charge in [-0.15, -0.1) is 11.3 Å². The smallest absolute Gasteiger partial charge is 0.123 e. The molecule has 1 heterocycles. The van der Waals surface area contributed by atoms with Crippen LogP contribution in [0.25, 0.3) is 0 Å². The van der Waals surface area contributed by atoms with E-state index in [9.17, 15) is 4.39 Å². The standard InChI is InChI=1S/C14H17FN2S/c1-2-6-17-14(8-13-9-16-10-18-13)11-4-3-5-12(15)7-11/h3-5,7,9-10,14,17H,2,6,8H2,1H3. The van der Waals surface area contributed by atoms with Crippen LogP contribution in [0.4, 0.5) is 4.39 Å². The Labute approximate surface area is 111 Å². The molecule has 0 aliphatic carbocycles. The van der Waals surface area contributed by atoms with Gasteiger partial charge < -0.3 is 5.32 Å². The largest absolute Gasteiger partial charge is 0.310 e. The third-order valence-electron chi connectivity index (χ3n) is 2.78. The number of benzene rings is 1. The number of thiazole rings is 1. The van der Waals surface area contributed by atoms with Crippen LogP contribution in [0.1, 0.15) is 29.8 Å². The van der Waals surface area contributed by atoms with Gasteiger partial charge in [0.1, 0.15) is 5.82 Å². The van der Waals surface area contributed by atoms with Crippen molar-refractivity contribution in [2.75, 3.05) is 6.54 Å². The fraction of sp³-hybridized carbons (Fsp3) is 0.357. The Morgan fingerprint density at radius 1 is 1.44 bits per heavy atom. The van der Waals surface area contributed by atoms with Crippen molar-refractivity contribution >= 4 is 11.3 Å². The number of hydrogen-bond acceptors (Lipinski definition) is 3. The number of nitrogens with zero attached hydrogens (tertiary/aromatic N) is 1. The number of aromatic nitrogens is 1. The Morgan fingerprint density at radius 3 is 3.00 bits per heavy atom. The average Bonchev–Trinajstić information content (AvgIpc) is 2.87. The predicted molar refractivity (Wildman–Crippen MR) is 73.3 cm³/mol. The second-order valence-electron chi connectivity index (χ2n) is 4.23. The SMILES string of the molecule is CCCNC(Cc1cncs1)c1cccc(F)c1. The summed E-state index contributed by atoms with van der Waals surface area (Å²) in [5.74, 6) is -0.180. The van der Waals surface area contributed by atoms with E-state index in [1.165, 1.54) is 10.9 Å². The maximum absolute atomic E-state index is 13.3. The van der Waals surface area contributed by atoms with Crippen LogP contribution in [0.3, 0.4) is 0 Å². The molecule has 0 fully saturated rings. The lowest BCUT2D eigenvalue weighted by Crippen LogP contribution is -2.23. The van der Waals surface area contributed by atoms with Crippen LogP contribution in [0, 0.1) is 5.82 Å². The molecule has 18 heavy (non-hydrogen) atoms. The highest BCUT2D eigenvalue weighted by molar-refractivity contribution is 7.09. The topological polar surface area (TPSA) is 24.9 Å². The predicted octanol–water partition coefficient (Wildman–Crippen LogP) is 3.57. The zero-order valence-corrected chi connectivity index (χ0v) is 11.2. The number of nitrogens with one attached hydrogen (secondary N) is 1. The Kier molecular flexibility index (Phi) is 4.84. The minimum atomic E-state index is -0.180. The molecule has 96 valence electrons. The summed E-state index contributed by atoms with van der Waals surface area (Å²) in [5.41, 5.74) is 2.83. The van der Waals surface area contributed by atoms with Crippen LogP contribution in [0.15, 0.2) is 36.0 Å². The molecule has 2 aromatic rings. The molecule has 0 saturated carbocycles. The fourth-order valence-corrected chi connectivity index (χ4v) is 2.54. The van der Waals surface area contributed by atoms with Crippen molar-refractivity contribution < 1.29 is 4.39 Å². The van der Waals surface area contributed by atoms with Crippen molar-refractivity contribution in [2.24, 2.45) is 0 Å². The van der Waals surface area contributed by atoms with Crippen LogP contribution in [-0.4, -0.2) is 11.5 Å². The third-order valence-corrected chi connectivity index (χ3v) is 3.58. The molecule has 2 rings (SSSR count). The van der Waals surface area contributed by atoms with Gasteiger partial charge in [-0.1, -0.05) is 19.1 Å². The normalized spacial score (nSPS) is 12.6. The minimum Gasteiger partial charge on any atom is -0.310 e. The van der Waals surface area contributed by atoms with Crippen molar-refractivity contribution in [3.05, 3.63) is 52.2 Å². The van der Waals surface area contributed by atoms with E-state index < -0.39 is 0 Å². The van der Waals surface area contributed by atoms with E-state index in [4.69, 9.17) is 0 Å². The minimum absolute atomic E-state index is 0.154. The molecular formula is C14H17FN2S. The summed E-state index contributed by atoms with van der Waals surface area (Å²) < 4.78 is 13.3. The van der Waals surface area contributed by atoms with Gasteiger partial charge in [0.15, 0.2) is 0 Å². The molecule has 0 aliphatic rings. The second kappa shape index (κ2) is 6.61. The first kappa shape index (κ1) is 13.2. The maximum atomic E-state index is 13.3. The van der Waals surface area contributed by atoms with Gasteiger partial charge in [0.25, 0.3) is 0 Å². The number of rotatable bonds is 6. The van der Waals surface area contributed by atoms with Crippen molar-refractivity contribution in [1.29, 1.82) is 0 Å². The van der Waals surface area contributed by atoms with Crippen LogP contribution in [-0.2, 0) is 6.42 Å². The summed E-state index contributed by atoms with van der Waals surface area (Å²) in [5, 5.41) is 3.46. The lowest BCUT2D eigenvalue weighted by Gasteiger charge is -2.18.